The van der Waals surface area contributed by atoms with E-state index in [0.717, 1.165) is 18.4 Å². The quantitative estimate of drug-likeness (QED) is 0.0754. The number of rotatable bonds is 20. The molecular weight excluding hydrogens is 528 g/mol. The van der Waals surface area contributed by atoms with E-state index in [4.69, 9.17) is 10.2 Å². The third-order valence-corrected chi connectivity index (χ3v) is 6.87. The second kappa shape index (κ2) is 18.6. The second-order valence-electron chi connectivity index (χ2n) is 10.3. The molecule has 40 heavy (non-hydrogen) atoms. The topological polar surface area (TPSA) is 235 Å². The minimum absolute atomic E-state index is 0.0556. The van der Waals surface area contributed by atoms with E-state index >= 15 is 0 Å². The van der Waals surface area contributed by atoms with Crippen molar-refractivity contribution in [3.63, 3.8) is 0 Å². The lowest BCUT2D eigenvalue weighted by Crippen LogP contribution is -2.53. The van der Waals surface area contributed by atoms with Gasteiger partial charge in [0.25, 0.3) is 0 Å². The smallest absolute Gasteiger partial charge is 0.227 e. The van der Waals surface area contributed by atoms with Crippen LogP contribution in [0, 0.1) is 5.92 Å². The van der Waals surface area contributed by atoms with Gasteiger partial charge in [0.2, 0.25) is 5.91 Å². The summed E-state index contributed by atoms with van der Waals surface area (Å²) in [5.74, 6) is -0.153. The maximum atomic E-state index is 12.2. The normalized spacial score (nSPS) is 18.8. The monoisotopic (exact) mass is 576 g/mol. The van der Waals surface area contributed by atoms with Crippen LogP contribution in [0.2, 0.25) is 0 Å². The molecule has 0 fully saturated rings. The Balaban J connectivity index is 2.84. The molecule has 0 spiro atoms. The van der Waals surface area contributed by atoms with Crippen molar-refractivity contribution in [3.8, 4) is 0 Å². The van der Waals surface area contributed by atoms with Crippen molar-refractivity contribution in [2.45, 2.75) is 88.4 Å². The highest BCUT2D eigenvalue weighted by Gasteiger charge is 2.34. The second-order valence-corrected chi connectivity index (χ2v) is 10.3. The summed E-state index contributed by atoms with van der Waals surface area (Å²) < 4.78 is 0. The lowest BCUT2D eigenvalue weighted by molar-refractivity contribution is -0.130. The standard InChI is InChI=1S/C27H48N2O11/c1-3-5-16(2)27(40)28-18-9-7-17(8-10-18)6-4-11-29(12-19(32)23(36)25(38)21(34)14-30)13-20(33)24(37)26(39)22(35)15-31/h7-10,16,19-26,30-39H,3-6,11-15H2,1-2H3,(H,28,40)/t16-,19-,20-,21+,22+,23+,24+,25+,26+/m0/s1. The number of nitrogens with one attached hydrogen (secondary N) is 1. The van der Waals surface area contributed by atoms with Crippen molar-refractivity contribution in [1.82, 2.24) is 4.90 Å². The lowest BCUT2D eigenvalue weighted by Gasteiger charge is -2.33. The summed E-state index contributed by atoms with van der Waals surface area (Å²) in [5.41, 5.74) is 1.60. The molecule has 11 N–H and O–H groups in total. The first kappa shape index (κ1) is 36.3. The molecule has 13 heteroatoms. The number of hydrogen-bond acceptors (Lipinski definition) is 12. The molecule has 0 saturated carbocycles. The molecule has 1 rings (SSSR count). The molecule has 9 atom stereocenters. The van der Waals surface area contributed by atoms with Crippen LogP contribution in [-0.4, -0.2) is 144 Å². The zero-order valence-electron chi connectivity index (χ0n) is 23.2. The van der Waals surface area contributed by atoms with Gasteiger partial charge in [0.05, 0.1) is 25.4 Å². The molecule has 0 aromatic heterocycles. The highest BCUT2D eigenvalue weighted by atomic mass is 16.4. The van der Waals surface area contributed by atoms with Gasteiger partial charge >= 0.3 is 0 Å². The maximum Gasteiger partial charge on any atom is 0.227 e. The summed E-state index contributed by atoms with van der Waals surface area (Å²) in [5, 5.41) is 101. The van der Waals surface area contributed by atoms with Gasteiger partial charge in [-0.2, -0.15) is 0 Å². The molecule has 1 amide bonds. The van der Waals surface area contributed by atoms with Gasteiger partial charge < -0.3 is 56.4 Å². The minimum atomic E-state index is -1.84. The van der Waals surface area contributed by atoms with E-state index in [1.165, 1.54) is 4.90 Å². The SMILES string of the molecule is CCC[C@H](C)C(=O)Nc1ccc(CCCN(C[C@H](O)[C@@H](O)[C@H](O)[C@H](O)CO)C[C@H](O)[C@@H](O)[C@H](O)[C@H](O)CO)cc1. The largest absolute Gasteiger partial charge is 0.394 e. The summed E-state index contributed by atoms with van der Waals surface area (Å²) in [7, 11) is 0. The van der Waals surface area contributed by atoms with Crippen LogP contribution in [0.25, 0.3) is 0 Å². The van der Waals surface area contributed by atoms with Crippen molar-refractivity contribution in [1.29, 1.82) is 0 Å². The number of aliphatic hydroxyl groups is 10. The number of amides is 1. The maximum absolute atomic E-state index is 12.2. The Kier molecular flexibility index (Phi) is 16.9. The molecule has 232 valence electrons. The predicted octanol–water partition coefficient (Wildman–Crippen LogP) is -2.83. The lowest BCUT2D eigenvalue weighted by atomic mass is 10.0. The van der Waals surface area contributed by atoms with E-state index in [9.17, 15) is 45.6 Å². The van der Waals surface area contributed by atoms with Crippen LogP contribution in [0.1, 0.15) is 38.7 Å². The molecule has 13 nitrogen and oxygen atoms in total. The van der Waals surface area contributed by atoms with Crippen LogP contribution in [-0.2, 0) is 11.2 Å². The van der Waals surface area contributed by atoms with Crippen LogP contribution in [0.3, 0.4) is 0 Å². The molecule has 0 radical (unpaired) electrons. The van der Waals surface area contributed by atoms with Crippen molar-refractivity contribution in [2.24, 2.45) is 5.92 Å². The van der Waals surface area contributed by atoms with E-state index in [0.29, 0.717) is 18.5 Å². The molecular formula is C27H48N2O11. The Bertz CT molecular complexity index is 801. The number of aliphatic hydroxyl groups excluding tert-OH is 10. The van der Waals surface area contributed by atoms with Crippen molar-refractivity contribution in [2.75, 3.05) is 38.2 Å². The van der Waals surface area contributed by atoms with E-state index < -0.39 is 62.0 Å². The first-order chi connectivity index (χ1) is 18.9. The summed E-state index contributed by atoms with van der Waals surface area (Å²) in [6.45, 7) is 1.78. The third kappa shape index (κ3) is 12.0. The van der Waals surface area contributed by atoms with Crippen LogP contribution in [0.5, 0.6) is 0 Å². The minimum Gasteiger partial charge on any atom is -0.394 e. The first-order valence-electron chi connectivity index (χ1n) is 13.6. The van der Waals surface area contributed by atoms with Gasteiger partial charge in [0.1, 0.15) is 36.6 Å². The molecule has 0 saturated heterocycles. The summed E-state index contributed by atoms with van der Waals surface area (Å²) in [6, 6.07) is 7.26. The number of aryl methyl sites for hydroxylation is 1. The average Bonchev–Trinajstić information content (AvgIpc) is 2.95. The fourth-order valence-electron chi connectivity index (χ4n) is 4.22. The Morgan fingerprint density at radius 3 is 1.65 bits per heavy atom. The number of carbonyl (C=O) groups is 1. The van der Waals surface area contributed by atoms with E-state index in [2.05, 4.69) is 5.32 Å². The van der Waals surface area contributed by atoms with Crippen LogP contribution >= 0.6 is 0 Å². The van der Waals surface area contributed by atoms with E-state index in [1.54, 1.807) is 12.1 Å². The van der Waals surface area contributed by atoms with Gasteiger partial charge in [-0.25, -0.2) is 0 Å². The van der Waals surface area contributed by atoms with Gasteiger partial charge in [-0.15, -0.1) is 0 Å². The molecule has 0 aliphatic heterocycles. The van der Waals surface area contributed by atoms with Gasteiger partial charge in [-0.05, 0) is 43.5 Å². The Morgan fingerprint density at radius 1 is 0.775 bits per heavy atom. The van der Waals surface area contributed by atoms with Gasteiger partial charge in [-0.1, -0.05) is 32.4 Å². The molecule has 0 unspecified atom stereocenters. The molecule has 0 heterocycles. The summed E-state index contributed by atoms with van der Waals surface area (Å²) >= 11 is 0. The van der Waals surface area contributed by atoms with Crippen LogP contribution in [0.4, 0.5) is 5.69 Å². The molecule has 0 aliphatic rings. The van der Waals surface area contributed by atoms with Gasteiger partial charge in [0.15, 0.2) is 0 Å². The van der Waals surface area contributed by atoms with Crippen molar-refractivity contribution >= 4 is 11.6 Å². The molecule has 0 bridgehead atoms. The number of anilines is 1. The highest BCUT2D eigenvalue weighted by Crippen LogP contribution is 2.16. The van der Waals surface area contributed by atoms with E-state index in [-0.39, 0.29) is 31.5 Å². The van der Waals surface area contributed by atoms with Crippen LogP contribution in [0.15, 0.2) is 24.3 Å². The zero-order valence-corrected chi connectivity index (χ0v) is 23.2. The predicted molar refractivity (Wildman–Crippen MR) is 146 cm³/mol. The Labute approximate surface area is 235 Å². The Morgan fingerprint density at radius 2 is 1.23 bits per heavy atom. The Hall–Kier alpha value is -1.75. The highest BCUT2D eigenvalue weighted by molar-refractivity contribution is 5.92. The van der Waals surface area contributed by atoms with Crippen molar-refractivity contribution < 1.29 is 55.9 Å². The zero-order chi connectivity index (χ0) is 30.4. The van der Waals surface area contributed by atoms with Gasteiger partial charge in [0, 0.05) is 24.7 Å². The summed E-state index contributed by atoms with van der Waals surface area (Å²) in [4.78, 5) is 13.7. The molecule has 1 aromatic carbocycles. The number of carbonyl (C=O) groups excluding carboxylic acids is 1. The number of benzene rings is 1. The number of nitrogens with zero attached hydrogens (tertiary/aromatic N) is 1. The third-order valence-electron chi connectivity index (χ3n) is 6.87. The van der Waals surface area contributed by atoms with Crippen LogP contribution < -0.4 is 5.32 Å². The molecule has 1 aromatic rings. The van der Waals surface area contributed by atoms with Crippen molar-refractivity contribution in [3.05, 3.63) is 29.8 Å². The van der Waals surface area contributed by atoms with E-state index in [1.807, 2.05) is 26.0 Å². The molecule has 0 aliphatic carbocycles. The summed E-state index contributed by atoms with van der Waals surface area (Å²) in [6.07, 6.45) is -11.3. The number of hydrogen-bond donors (Lipinski definition) is 11. The fourth-order valence-corrected chi connectivity index (χ4v) is 4.22. The van der Waals surface area contributed by atoms with Gasteiger partial charge in [-0.3, -0.25) is 9.69 Å². The average molecular weight is 577 g/mol. The fraction of sp³-hybridized carbons (Fsp3) is 0.741. The first-order valence-corrected chi connectivity index (χ1v) is 13.6.